The molecule has 2 rings (SSSR count). The fraction of sp³-hybridized carbons (Fsp3) is 0.571. The molecule has 1 saturated carbocycles. The van der Waals surface area contributed by atoms with Crippen LogP contribution in [0.25, 0.3) is 0 Å². The van der Waals surface area contributed by atoms with Crippen molar-refractivity contribution in [2.24, 2.45) is 0 Å². The molecule has 0 bridgehead atoms. The van der Waals surface area contributed by atoms with Crippen LogP contribution >= 0.6 is 11.8 Å². The van der Waals surface area contributed by atoms with Crippen molar-refractivity contribution < 1.29 is 8.42 Å². The zero-order chi connectivity index (χ0) is 14.6. The topological polar surface area (TPSA) is 58.2 Å². The Kier molecular flexibility index (Phi) is 5.35. The van der Waals surface area contributed by atoms with Crippen molar-refractivity contribution in [3.8, 4) is 0 Å². The van der Waals surface area contributed by atoms with Gasteiger partial charge in [-0.1, -0.05) is 12.8 Å². The van der Waals surface area contributed by atoms with E-state index >= 15 is 0 Å². The van der Waals surface area contributed by atoms with Crippen LogP contribution in [0.4, 0.5) is 5.69 Å². The molecule has 1 fully saturated rings. The third-order valence-electron chi connectivity index (χ3n) is 3.79. The molecule has 4 nitrogen and oxygen atoms in total. The first-order chi connectivity index (χ1) is 9.56. The van der Waals surface area contributed by atoms with Gasteiger partial charge in [-0.2, -0.15) is 11.8 Å². The number of nitrogens with one attached hydrogen (secondary N) is 2. The number of sulfonamides is 1. The molecule has 2 unspecified atom stereocenters. The second kappa shape index (κ2) is 6.83. The lowest BCUT2D eigenvalue weighted by molar-refractivity contribution is 0.475. The highest BCUT2D eigenvalue weighted by atomic mass is 32.2. The van der Waals surface area contributed by atoms with Gasteiger partial charge in [-0.15, -0.1) is 0 Å². The summed E-state index contributed by atoms with van der Waals surface area (Å²) in [6, 6.07) is 7.45. The SMILES string of the molecule is CNS(=O)(=O)c1ccc(NC2CCCCC2SC)cc1. The first kappa shape index (κ1) is 15.7. The summed E-state index contributed by atoms with van der Waals surface area (Å²) in [5.41, 5.74) is 0.992. The van der Waals surface area contributed by atoms with Crippen LogP contribution in [0, 0.1) is 0 Å². The Morgan fingerprint density at radius 3 is 2.40 bits per heavy atom. The molecule has 0 heterocycles. The summed E-state index contributed by atoms with van der Waals surface area (Å²) < 4.78 is 25.7. The van der Waals surface area contributed by atoms with Gasteiger partial charge in [-0.25, -0.2) is 13.1 Å². The second-order valence-electron chi connectivity index (χ2n) is 5.04. The van der Waals surface area contributed by atoms with Gasteiger partial charge in [0.05, 0.1) is 4.90 Å². The molecule has 0 saturated heterocycles. The molecule has 0 radical (unpaired) electrons. The fourth-order valence-electron chi connectivity index (χ4n) is 2.61. The van der Waals surface area contributed by atoms with E-state index in [9.17, 15) is 8.42 Å². The Labute approximate surface area is 125 Å². The molecular weight excluding hydrogens is 292 g/mol. The van der Waals surface area contributed by atoms with Crippen molar-refractivity contribution in [1.82, 2.24) is 4.72 Å². The lowest BCUT2D eigenvalue weighted by Gasteiger charge is -2.31. The molecule has 0 amide bonds. The average molecular weight is 314 g/mol. The molecule has 1 aliphatic carbocycles. The van der Waals surface area contributed by atoms with Gasteiger partial charge in [0.25, 0.3) is 0 Å². The molecule has 2 atom stereocenters. The first-order valence-electron chi connectivity index (χ1n) is 6.90. The van der Waals surface area contributed by atoms with Crippen molar-refractivity contribution in [2.75, 3.05) is 18.6 Å². The minimum absolute atomic E-state index is 0.301. The summed E-state index contributed by atoms with van der Waals surface area (Å²) in [5, 5.41) is 4.19. The summed E-state index contributed by atoms with van der Waals surface area (Å²) in [6.45, 7) is 0. The van der Waals surface area contributed by atoms with Gasteiger partial charge in [0.15, 0.2) is 0 Å². The molecule has 0 aliphatic heterocycles. The Morgan fingerprint density at radius 2 is 1.80 bits per heavy atom. The predicted molar refractivity (Wildman–Crippen MR) is 85.9 cm³/mol. The lowest BCUT2D eigenvalue weighted by atomic mass is 9.94. The quantitative estimate of drug-likeness (QED) is 0.877. The Bertz CT molecular complexity index is 529. The highest BCUT2D eigenvalue weighted by Gasteiger charge is 2.24. The number of benzene rings is 1. The summed E-state index contributed by atoms with van der Waals surface area (Å²) in [7, 11) is -1.92. The molecule has 1 aromatic carbocycles. The largest absolute Gasteiger partial charge is 0.381 e. The smallest absolute Gasteiger partial charge is 0.240 e. The van der Waals surface area contributed by atoms with E-state index in [1.54, 1.807) is 12.1 Å². The zero-order valence-corrected chi connectivity index (χ0v) is 13.6. The normalized spacial score (nSPS) is 23.5. The number of hydrogen-bond acceptors (Lipinski definition) is 4. The standard InChI is InChI=1S/C14H22N2O2S2/c1-15-20(17,18)12-9-7-11(8-10-12)16-13-5-3-4-6-14(13)19-2/h7-10,13-16H,3-6H2,1-2H3. The van der Waals surface area contributed by atoms with Crippen LogP contribution < -0.4 is 10.0 Å². The summed E-state index contributed by atoms with van der Waals surface area (Å²) in [4.78, 5) is 0.301. The summed E-state index contributed by atoms with van der Waals surface area (Å²) in [6.07, 6.45) is 7.17. The lowest BCUT2D eigenvalue weighted by Crippen LogP contribution is -2.34. The number of thioether (sulfide) groups is 1. The van der Waals surface area contributed by atoms with E-state index in [-0.39, 0.29) is 0 Å². The van der Waals surface area contributed by atoms with Crippen molar-refractivity contribution in [2.45, 2.75) is 41.9 Å². The van der Waals surface area contributed by atoms with Crippen molar-refractivity contribution >= 4 is 27.5 Å². The maximum absolute atomic E-state index is 11.7. The molecule has 0 spiro atoms. The maximum Gasteiger partial charge on any atom is 0.240 e. The fourth-order valence-corrected chi connectivity index (χ4v) is 4.27. The van der Waals surface area contributed by atoms with Crippen molar-refractivity contribution in [3.05, 3.63) is 24.3 Å². The van der Waals surface area contributed by atoms with Crippen LogP contribution in [0.15, 0.2) is 29.2 Å². The minimum Gasteiger partial charge on any atom is -0.381 e. The second-order valence-corrected chi connectivity index (χ2v) is 8.00. The van der Waals surface area contributed by atoms with Crippen molar-refractivity contribution in [1.29, 1.82) is 0 Å². The van der Waals surface area contributed by atoms with Gasteiger partial charge in [0.2, 0.25) is 10.0 Å². The predicted octanol–water partition coefficient (Wildman–Crippen LogP) is 2.68. The molecule has 1 aromatic rings. The van der Waals surface area contributed by atoms with Crippen LogP contribution in [0.5, 0.6) is 0 Å². The first-order valence-corrected chi connectivity index (χ1v) is 9.67. The minimum atomic E-state index is -3.35. The Balaban J connectivity index is 2.07. The van der Waals surface area contributed by atoms with E-state index < -0.39 is 10.0 Å². The molecule has 112 valence electrons. The molecule has 0 aromatic heterocycles. The molecule has 1 aliphatic rings. The van der Waals surface area contributed by atoms with Crippen LogP contribution in [0.3, 0.4) is 0 Å². The summed E-state index contributed by atoms with van der Waals surface area (Å²) in [5.74, 6) is 0. The Morgan fingerprint density at radius 1 is 1.15 bits per heavy atom. The van der Waals surface area contributed by atoms with Crippen molar-refractivity contribution in [3.63, 3.8) is 0 Å². The third kappa shape index (κ3) is 3.68. The molecule has 6 heteroatoms. The molecule has 2 N–H and O–H groups in total. The van der Waals surface area contributed by atoms with Gasteiger partial charge in [0.1, 0.15) is 0 Å². The number of anilines is 1. The maximum atomic E-state index is 11.7. The van der Waals surface area contributed by atoms with Gasteiger partial charge in [0, 0.05) is 17.0 Å². The van der Waals surface area contributed by atoms with E-state index in [0.29, 0.717) is 16.2 Å². The molecular formula is C14H22N2O2S2. The zero-order valence-electron chi connectivity index (χ0n) is 11.9. The van der Waals surface area contributed by atoms with E-state index in [2.05, 4.69) is 16.3 Å². The van der Waals surface area contributed by atoms with E-state index in [1.807, 2.05) is 23.9 Å². The van der Waals surface area contributed by atoms with E-state index in [0.717, 1.165) is 5.69 Å². The number of hydrogen-bond donors (Lipinski definition) is 2. The molecule has 20 heavy (non-hydrogen) atoms. The van der Waals surface area contributed by atoms with E-state index in [1.165, 1.54) is 32.7 Å². The monoisotopic (exact) mass is 314 g/mol. The Hall–Kier alpha value is -0.720. The third-order valence-corrected chi connectivity index (χ3v) is 6.39. The van der Waals surface area contributed by atoms with Gasteiger partial charge in [-0.3, -0.25) is 0 Å². The van der Waals surface area contributed by atoms with Crippen LogP contribution in [-0.4, -0.2) is 33.0 Å². The summed E-state index contributed by atoms with van der Waals surface area (Å²) >= 11 is 1.92. The average Bonchev–Trinajstić information content (AvgIpc) is 2.48. The van der Waals surface area contributed by atoms with Crippen LogP contribution in [-0.2, 0) is 10.0 Å². The van der Waals surface area contributed by atoms with E-state index in [4.69, 9.17) is 0 Å². The van der Waals surface area contributed by atoms with Crippen LogP contribution in [0.2, 0.25) is 0 Å². The van der Waals surface area contributed by atoms with Gasteiger partial charge < -0.3 is 5.32 Å². The van der Waals surface area contributed by atoms with Gasteiger partial charge >= 0.3 is 0 Å². The number of rotatable bonds is 5. The highest BCUT2D eigenvalue weighted by molar-refractivity contribution is 7.99. The van der Waals surface area contributed by atoms with Crippen LogP contribution in [0.1, 0.15) is 25.7 Å². The highest BCUT2D eigenvalue weighted by Crippen LogP contribution is 2.29. The van der Waals surface area contributed by atoms with Gasteiger partial charge in [-0.05, 0) is 50.4 Å².